The standard InChI is InChI=1S/C19H15F3N6S/c1-29-18-25-13-4-2-3-5-14(13)28(18)16-10-15(23)26-17(27-16)24-12-8-6-11(7-9-12)19(20,21)22/h2-10H,1H3,(H3,23,24,26,27). The highest BCUT2D eigenvalue weighted by Gasteiger charge is 2.30. The second-order valence-corrected chi connectivity index (χ2v) is 6.87. The van der Waals surface area contributed by atoms with E-state index in [-0.39, 0.29) is 11.8 Å². The van der Waals surface area contributed by atoms with E-state index in [9.17, 15) is 13.2 Å². The molecule has 0 atom stereocenters. The van der Waals surface area contributed by atoms with Crippen molar-refractivity contribution in [3.8, 4) is 5.82 Å². The minimum atomic E-state index is -4.39. The van der Waals surface area contributed by atoms with Crippen molar-refractivity contribution in [3.63, 3.8) is 0 Å². The molecule has 0 radical (unpaired) electrons. The Labute approximate surface area is 168 Å². The van der Waals surface area contributed by atoms with Gasteiger partial charge >= 0.3 is 6.18 Å². The molecule has 4 rings (SSSR count). The van der Waals surface area contributed by atoms with Crippen LogP contribution in [0.4, 0.5) is 30.6 Å². The number of hydrogen-bond donors (Lipinski definition) is 2. The predicted molar refractivity (Wildman–Crippen MR) is 108 cm³/mol. The Morgan fingerprint density at radius 1 is 1.00 bits per heavy atom. The number of alkyl halides is 3. The molecule has 2 aromatic heterocycles. The fraction of sp³-hybridized carbons (Fsp3) is 0.105. The summed E-state index contributed by atoms with van der Waals surface area (Å²) in [5.74, 6) is 0.892. The summed E-state index contributed by atoms with van der Waals surface area (Å²) < 4.78 is 40.1. The number of halogens is 3. The van der Waals surface area contributed by atoms with Crippen molar-refractivity contribution < 1.29 is 13.2 Å². The van der Waals surface area contributed by atoms with Gasteiger partial charge in [-0.15, -0.1) is 0 Å². The van der Waals surface area contributed by atoms with E-state index < -0.39 is 11.7 Å². The molecular weight excluding hydrogens is 401 g/mol. The van der Waals surface area contributed by atoms with Crippen LogP contribution in [0.25, 0.3) is 16.9 Å². The van der Waals surface area contributed by atoms with Gasteiger partial charge in [0.15, 0.2) is 5.16 Å². The van der Waals surface area contributed by atoms with Gasteiger partial charge in [-0.3, -0.25) is 4.57 Å². The largest absolute Gasteiger partial charge is 0.416 e. The van der Waals surface area contributed by atoms with Crippen LogP contribution in [0.5, 0.6) is 0 Å². The van der Waals surface area contributed by atoms with Gasteiger partial charge in [0.05, 0.1) is 16.6 Å². The number of anilines is 3. The second-order valence-electron chi connectivity index (χ2n) is 6.10. The van der Waals surface area contributed by atoms with Crippen molar-refractivity contribution >= 4 is 40.2 Å². The highest BCUT2D eigenvalue weighted by molar-refractivity contribution is 7.98. The van der Waals surface area contributed by atoms with Crippen molar-refractivity contribution in [2.45, 2.75) is 11.3 Å². The molecule has 4 aromatic rings. The Hall–Kier alpha value is -3.27. The summed E-state index contributed by atoms with van der Waals surface area (Å²) in [4.78, 5) is 13.2. The van der Waals surface area contributed by atoms with Gasteiger partial charge in [0, 0.05) is 11.8 Å². The maximum Gasteiger partial charge on any atom is 0.416 e. The maximum atomic E-state index is 12.7. The molecule has 6 nitrogen and oxygen atoms in total. The lowest BCUT2D eigenvalue weighted by molar-refractivity contribution is -0.137. The van der Waals surface area contributed by atoms with Gasteiger partial charge in [0.1, 0.15) is 11.6 Å². The molecule has 2 aromatic carbocycles. The molecule has 0 amide bonds. The number of thioether (sulfide) groups is 1. The van der Waals surface area contributed by atoms with E-state index in [1.165, 1.54) is 23.9 Å². The van der Waals surface area contributed by atoms with Crippen LogP contribution >= 0.6 is 11.8 Å². The minimum absolute atomic E-state index is 0.171. The van der Waals surface area contributed by atoms with Crippen LogP contribution in [0.15, 0.2) is 59.8 Å². The molecule has 0 fully saturated rings. The van der Waals surface area contributed by atoms with Crippen LogP contribution in [-0.4, -0.2) is 25.8 Å². The first-order valence-electron chi connectivity index (χ1n) is 8.46. The van der Waals surface area contributed by atoms with E-state index in [1.807, 2.05) is 35.1 Å². The number of para-hydroxylation sites is 2. The van der Waals surface area contributed by atoms with Gasteiger partial charge in [0.2, 0.25) is 5.95 Å². The van der Waals surface area contributed by atoms with Gasteiger partial charge in [-0.1, -0.05) is 23.9 Å². The molecule has 2 heterocycles. The van der Waals surface area contributed by atoms with Crippen molar-refractivity contribution in [2.24, 2.45) is 0 Å². The Morgan fingerprint density at radius 3 is 2.41 bits per heavy atom. The highest BCUT2D eigenvalue weighted by Crippen LogP contribution is 2.31. The van der Waals surface area contributed by atoms with Gasteiger partial charge in [-0.2, -0.15) is 23.1 Å². The minimum Gasteiger partial charge on any atom is -0.383 e. The Balaban J connectivity index is 1.72. The fourth-order valence-corrected chi connectivity index (χ4v) is 3.42. The third-order valence-corrected chi connectivity index (χ3v) is 4.78. The number of nitrogens with zero attached hydrogens (tertiary/aromatic N) is 4. The molecule has 10 heteroatoms. The number of aromatic nitrogens is 4. The zero-order valence-corrected chi connectivity index (χ0v) is 15.9. The molecule has 0 saturated carbocycles. The van der Waals surface area contributed by atoms with Gasteiger partial charge in [0.25, 0.3) is 0 Å². The van der Waals surface area contributed by atoms with Crippen LogP contribution < -0.4 is 11.1 Å². The third kappa shape index (κ3) is 3.83. The molecule has 0 aliphatic heterocycles. The average Bonchev–Trinajstić information content (AvgIpc) is 3.06. The lowest BCUT2D eigenvalue weighted by Crippen LogP contribution is -2.07. The second kappa shape index (κ2) is 7.28. The quantitative estimate of drug-likeness (QED) is 0.462. The normalized spacial score (nSPS) is 11.7. The summed E-state index contributed by atoms with van der Waals surface area (Å²) in [6.45, 7) is 0. The zero-order valence-electron chi connectivity index (χ0n) is 15.1. The maximum absolute atomic E-state index is 12.7. The number of fused-ring (bicyclic) bond motifs is 1. The summed E-state index contributed by atoms with van der Waals surface area (Å²) in [7, 11) is 0. The van der Waals surface area contributed by atoms with E-state index >= 15 is 0 Å². The molecule has 3 N–H and O–H groups in total. The molecule has 0 bridgehead atoms. The van der Waals surface area contributed by atoms with Gasteiger partial charge < -0.3 is 11.1 Å². The average molecular weight is 416 g/mol. The van der Waals surface area contributed by atoms with Gasteiger partial charge in [-0.05, 0) is 42.7 Å². The lowest BCUT2D eigenvalue weighted by Gasteiger charge is -2.12. The smallest absolute Gasteiger partial charge is 0.383 e. The number of imidazole rings is 1. The number of hydrogen-bond acceptors (Lipinski definition) is 6. The van der Waals surface area contributed by atoms with Crippen molar-refractivity contribution in [2.75, 3.05) is 17.3 Å². The van der Waals surface area contributed by atoms with Crippen LogP contribution in [0.1, 0.15) is 5.56 Å². The summed E-state index contributed by atoms with van der Waals surface area (Å²) in [5.41, 5.74) is 7.31. The van der Waals surface area contributed by atoms with Crippen LogP contribution in [0, 0.1) is 0 Å². The first kappa shape index (κ1) is 19.1. The summed E-state index contributed by atoms with van der Waals surface area (Å²) in [6.07, 6.45) is -2.49. The fourth-order valence-electron chi connectivity index (χ4n) is 2.86. The third-order valence-electron chi connectivity index (χ3n) is 4.14. The van der Waals surface area contributed by atoms with Gasteiger partial charge in [-0.25, -0.2) is 4.98 Å². The van der Waals surface area contributed by atoms with Crippen molar-refractivity contribution in [1.29, 1.82) is 0 Å². The summed E-state index contributed by atoms with van der Waals surface area (Å²) >= 11 is 1.46. The van der Waals surface area contributed by atoms with E-state index in [1.54, 1.807) is 6.07 Å². The SMILES string of the molecule is CSc1nc2ccccc2n1-c1cc(N)nc(Nc2ccc(C(F)(F)F)cc2)n1. The Morgan fingerprint density at radius 2 is 1.72 bits per heavy atom. The first-order chi connectivity index (χ1) is 13.8. The molecular formula is C19H15F3N6S. The molecule has 148 valence electrons. The van der Waals surface area contributed by atoms with Crippen LogP contribution in [-0.2, 0) is 6.18 Å². The van der Waals surface area contributed by atoms with E-state index in [0.29, 0.717) is 11.5 Å². The number of rotatable bonds is 4. The summed E-state index contributed by atoms with van der Waals surface area (Å²) in [6, 6.07) is 13.8. The Kier molecular flexibility index (Phi) is 4.79. The molecule has 0 aliphatic carbocycles. The van der Waals surface area contributed by atoms with E-state index in [4.69, 9.17) is 5.73 Å². The van der Waals surface area contributed by atoms with E-state index in [0.717, 1.165) is 28.3 Å². The van der Waals surface area contributed by atoms with Crippen molar-refractivity contribution in [1.82, 2.24) is 19.5 Å². The molecule has 0 aliphatic rings. The number of benzene rings is 2. The number of nitrogen functional groups attached to an aromatic ring is 1. The van der Waals surface area contributed by atoms with Crippen molar-refractivity contribution in [3.05, 3.63) is 60.2 Å². The number of nitrogens with two attached hydrogens (primary N) is 1. The number of nitrogens with one attached hydrogen (secondary N) is 1. The lowest BCUT2D eigenvalue weighted by atomic mass is 10.2. The molecule has 0 unspecified atom stereocenters. The topological polar surface area (TPSA) is 81.7 Å². The van der Waals surface area contributed by atoms with Crippen LogP contribution in [0.3, 0.4) is 0 Å². The van der Waals surface area contributed by atoms with Crippen LogP contribution in [0.2, 0.25) is 0 Å². The highest BCUT2D eigenvalue weighted by atomic mass is 32.2. The summed E-state index contributed by atoms with van der Waals surface area (Å²) in [5, 5.41) is 3.63. The zero-order chi connectivity index (χ0) is 20.6. The Bertz CT molecular complexity index is 1170. The van der Waals surface area contributed by atoms with E-state index in [2.05, 4.69) is 20.3 Å². The predicted octanol–water partition coefficient (Wildman–Crippen LogP) is 4.88. The molecule has 0 saturated heterocycles. The monoisotopic (exact) mass is 416 g/mol. The first-order valence-corrected chi connectivity index (χ1v) is 9.68. The molecule has 29 heavy (non-hydrogen) atoms. The molecule has 0 spiro atoms.